The van der Waals surface area contributed by atoms with E-state index in [0.717, 1.165) is 6.26 Å². The lowest BCUT2D eigenvalue weighted by Gasteiger charge is -1.90. The molecule has 0 aliphatic heterocycles. The van der Waals surface area contributed by atoms with Gasteiger partial charge in [0.1, 0.15) is 0 Å². The van der Waals surface area contributed by atoms with Crippen LogP contribution in [0.5, 0.6) is 0 Å². The molecular weight excluding hydrogens is 184 g/mol. The summed E-state index contributed by atoms with van der Waals surface area (Å²) in [4.78, 5) is 9.37. The molecule has 0 aromatic carbocycles. The Morgan fingerprint density at radius 2 is 1.75 bits per heavy atom. The molecule has 0 aliphatic carbocycles. The summed E-state index contributed by atoms with van der Waals surface area (Å²) in [5.74, 6) is -0.745. The first-order valence-electron chi connectivity index (χ1n) is 3.39. The zero-order valence-electron chi connectivity index (χ0n) is 7.40. The minimum atomic E-state index is -3.17. The molecule has 0 saturated carbocycles. The third-order valence-electron chi connectivity index (χ3n) is 0.634. The summed E-state index contributed by atoms with van der Waals surface area (Å²) >= 11 is 0. The van der Waals surface area contributed by atoms with E-state index in [2.05, 4.69) is 4.18 Å². The highest BCUT2D eigenvalue weighted by Crippen LogP contribution is 1.81. The fourth-order valence-corrected chi connectivity index (χ4v) is 0.642. The second kappa shape index (κ2) is 7.05. The van der Waals surface area contributed by atoms with Gasteiger partial charge >= 0.3 is 5.97 Å². The zero-order valence-corrected chi connectivity index (χ0v) is 8.22. The Morgan fingerprint density at radius 3 is 1.75 bits per heavy atom. The Labute approximate surface area is 72.5 Å². The SMILES string of the molecule is CCC(=O)O.CCOS(C)(=O)=O. The summed E-state index contributed by atoms with van der Waals surface area (Å²) in [7, 11) is -3.17. The molecule has 0 fully saturated rings. The Kier molecular flexibility index (Phi) is 8.19. The van der Waals surface area contributed by atoms with Crippen molar-refractivity contribution in [2.45, 2.75) is 20.3 Å². The lowest BCUT2D eigenvalue weighted by atomic mass is 10.5. The molecule has 0 unspecified atom stereocenters. The van der Waals surface area contributed by atoms with Crippen molar-refractivity contribution in [3.8, 4) is 0 Å². The second-order valence-corrected chi connectivity index (χ2v) is 3.50. The zero-order chi connectivity index (χ0) is 10.2. The molecule has 0 saturated heterocycles. The van der Waals surface area contributed by atoms with E-state index in [-0.39, 0.29) is 13.0 Å². The number of carboxylic acids is 1. The van der Waals surface area contributed by atoms with Crippen LogP contribution in [0.4, 0.5) is 0 Å². The lowest BCUT2D eigenvalue weighted by molar-refractivity contribution is -0.136. The molecule has 12 heavy (non-hydrogen) atoms. The average Bonchev–Trinajstić information content (AvgIpc) is 1.86. The molecule has 0 aliphatic rings. The molecule has 0 spiro atoms. The van der Waals surface area contributed by atoms with E-state index < -0.39 is 16.1 Å². The highest BCUT2D eigenvalue weighted by Gasteiger charge is 1.94. The third kappa shape index (κ3) is 22.8. The second-order valence-electron chi connectivity index (χ2n) is 1.86. The van der Waals surface area contributed by atoms with E-state index in [1.807, 2.05) is 0 Å². The Morgan fingerprint density at radius 1 is 1.42 bits per heavy atom. The predicted molar refractivity (Wildman–Crippen MR) is 44.4 cm³/mol. The number of carboxylic acid groups (broad SMARTS) is 1. The third-order valence-corrected chi connectivity index (χ3v) is 1.30. The highest BCUT2D eigenvalue weighted by atomic mass is 32.2. The van der Waals surface area contributed by atoms with Crippen molar-refractivity contribution in [1.82, 2.24) is 0 Å². The Bertz CT molecular complexity index is 206. The monoisotopic (exact) mass is 198 g/mol. The molecule has 1 N–H and O–H groups in total. The quantitative estimate of drug-likeness (QED) is 0.666. The van der Waals surface area contributed by atoms with Crippen LogP contribution in [0.3, 0.4) is 0 Å². The maximum Gasteiger partial charge on any atom is 0.303 e. The average molecular weight is 198 g/mol. The summed E-state index contributed by atoms with van der Waals surface area (Å²) in [6.07, 6.45) is 1.25. The molecule has 0 rings (SSSR count). The van der Waals surface area contributed by atoms with Crippen LogP contribution in [0.2, 0.25) is 0 Å². The summed E-state index contributed by atoms with van der Waals surface area (Å²) in [6.45, 7) is 3.45. The standard InChI is InChI=1S/C3H8O3S.C3H6O2/c1-3-6-7(2,4)5;1-2-3(4)5/h3H2,1-2H3;2H2,1H3,(H,4,5). The molecule has 0 radical (unpaired) electrons. The number of hydrogen-bond acceptors (Lipinski definition) is 4. The topological polar surface area (TPSA) is 80.7 Å². The van der Waals surface area contributed by atoms with Gasteiger partial charge < -0.3 is 5.11 Å². The Balaban J connectivity index is 0. The van der Waals surface area contributed by atoms with Gasteiger partial charge in [-0.25, -0.2) is 0 Å². The van der Waals surface area contributed by atoms with E-state index in [9.17, 15) is 13.2 Å². The van der Waals surface area contributed by atoms with Crippen LogP contribution in [-0.2, 0) is 19.1 Å². The van der Waals surface area contributed by atoms with Gasteiger partial charge in [-0.3, -0.25) is 8.98 Å². The maximum absolute atomic E-state index is 10.0. The van der Waals surface area contributed by atoms with Crippen LogP contribution in [0.25, 0.3) is 0 Å². The molecule has 0 bridgehead atoms. The van der Waals surface area contributed by atoms with Gasteiger partial charge in [0.2, 0.25) is 0 Å². The largest absolute Gasteiger partial charge is 0.481 e. The molecule has 5 nitrogen and oxygen atoms in total. The first kappa shape index (κ1) is 13.9. The van der Waals surface area contributed by atoms with Crippen LogP contribution < -0.4 is 0 Å². The van der Waals surface area contributed by atoms with Gasteiger partial charge in [-0.1, -0.05) is 6.92 Å². The number of rotatable bonds is 3. The summed E-state index contributed by atoms with van der Waals surface area (Å²) in [5, 5.41) is 7.72. The van der Waals surface area contributed by atoms with Gasteiger partial charge in [0, 0.05) is 6.42 Å². The number of hydrogen-bond donors (Lipinski definition) is 1. The van der Waals surface area contributed by atoms with Crippen LogP contribution in [-0.4, -0.2) is 32.4 Å². The maximum atomic E-state index is 10.0. The van der Waals surface area contributed by atoms with E-state index in [4.69, 9.17) is 5.11 Å². The van der Waals surface area contributed by atoms with Crippen LogP contribution >= 0.6 is 0 Å². The molecule has 0 heterocycles. The molecule has 6 heteroatoms. The van der Waals surface area contributed by atoms with Crippen molar-refractivity contribution in [2.75, 3.05) is 12.9 Å². The van der Waals surface area contributed by atoms with Gasteiger partial charge in [0.15, 0.2) is 0 Å². The van der Waals surface area contributed by atoms with Gasteiger partial charge in [0.25, 0.3) is 10.1 Å². The predicted octanol–water partition coefficient (Wildman–Crippen LogP) is 0.464. The molecule has 0 amide bonds. The van der Waals surface area contributed by atoms with Gasteiger partial charge in [-0.2, -0.15) is 8.42 Å². The molecule has 74 valence electrons. The van der Waals surface area contributed by atoms with E-state index in [0.29, 0.717) is 0 Å². The van der Waals surface area contributed by atoms with Crippen molar-refractivity contribution in [3.05, 3.63) is 0 Å². The van der Waals surface area contributed by atoms with Crippen molar-refractivity contribution >= 4 is 16.1 Å². The van der Waals surface area contributed by atoms with E-state index in [1.54, 1.807) is 13.8 Å². The fraction of sp³-hybridized carbons (Fsp3) is 0.833. The molecule has 0 atom stereocenters. The van der Waals surface area contributed by atoms with Crippen LogP contribution in [0.1, 0.15) is 20.3 Å². The Hall–Kier alpha value is -0.620. The first-order valence-corrected chi connectivity index (χ1v) is 5.21. The number of carbonyl (C=O) groups is 1. The fourth-order valence-electron chi connectivity index (χ4n) is 0.214. The molecular formula is C6H14O5S. The minimum Gasteiger partial charge on any atom is -0.481 e. The highest BCUT2D eigenvalue weighted by molar-refractivity contribution is 7.85. The van der Waals surface area contributed by atoms with Crippen molar-refractivity contribution in [2.24, 2.45) is 0 Å². The molecule has 0 aromatic rings. The first-order chi connectivity index (χ1) is 5.33. The van der Waals surface area contributed by atoms with Gasteiger partial charge in [-0.05, 0) is 6.92 Å². The van der Waals surface area contributed by atoms with E-state index >= 15 is 0 Å². The van der Waals surface area contributed by atoms with Crippen LogP contribution in [0, 0.1) is 0 Å². The summed E-state index contributed by atoms with van der Waals surface area (Å²) < 4.78 is 24.2. The van der Waals surface area contributed by atoms with E-state index in [1.165, 1.54) is 0 Å². The molecule has 0 aromatic heterocycles. The smallest absolute Gasteiger partial charge is 0.303 e. The normalized spacial score (nSPS) is 9.92. The number of aliphatic carboxylic acids is 1. The van der Waals surface area contributed by atoms with Gasteiger partial charge in [0.05, 0.1) is 12.9 Å². The van der Waals surface area contributed by atoms with Crippen LogP contribution in [0.15, 0.2) is 0 Å². The lowest BCUT2D eigenvalue weighted by Crippen LogP contribution is -2.00. The van der Waals surface area contributed by atoms with Gasteiger partial charge in [-0.15, -0.1) is 0 Å². The van der Waals surface area contributed by atoms with Crippen molar-refractivity contribution in [3.63, 3.8) is 0 Å². The summed E-state index contributed by atoms with van der Waals surface area (Å²) in [5.41, 5.74) is 0. The summed E-state index contributed by atoms with van der Waals surface area (Å²) in [6, 6.07) is 0. The van der Waals surface area contributed by atoms with Crippen molar-refractivity contribution < 1.29 is 22.5 Å². The van der Waals surface area contributed by atoms with Crippen molar-refractivity contribution in [1.29, 1.82) is 0 Å². The minimum absolute atomic E-state index is 0.221.